The molecule has 0 unspecified atom stereocenters. The average Bonchev–Trinajstić information content (AvgIpc) is 3.53. The molecule has 4 rings (SSSR count). The monoisotopic (exact) mass is 566 g/mol. The lowest BCUT2D eigenvalue weighted by Gasteiger charge is -2.14. The van der Waals surface area contributed by atoms with Crippen molar-refractivity contribution < 1.29 is 27.6 Å². The number of hydrogen-bond acceptors (Lipinski definition) is 5. The fraction of sp³-hybridized carbons (Fsp3) is 0.333. The van der Waals surface area contributed by atoms with Crippen LogP contribution in [0, 0.1) is 30.9 Å². The molecular weight excluding hydrogens is 545 g/mol. The van der Waals surface area contributed by atoms with Crippen LogP contribution in [0.3, 0.4) is 0 Å². The molecule has 1 aliphatic carbocycles. The molecule has 1 fully saturated rings. The normalized spacial score (nSPS) is 13.5. The highest BCUT2D eigenvalue weighted by Gasteiger charge is 2.42. The van der Waals surface area contributed by atoms with Crippen LogP contribution in [0.4, 0.5) is 24.5 Å². The first-order chi connectivity index (χ1) is 16.8. The predicted molar refractivity (Wildman–Crippen MR) is 129 cm³/mol. The van der Waals surface area contributed by atoms with Gasteiger partial charge in [0.15, 0.2) is 5.69 Å². The Hall–Kier alpha value is -3.41. The summed E-state index contributed by atoms with van der Waals surface area (Å²) in [5.74, 6) is -0.155. The summed E-state index contributed by atoms with van der Waals surface area (Å²) in [7, 11) is 0. The van der Waals surface area contributed by atoms with Gasteiger partial charge in [0, 0.05) is 18.1 Å². The minimum Gasteiger partial charge on any atom is -0.457 e. The summed E-state index contributed by atoms with van der Waals surface area (Å²) in [5, 5.41) is 17.6. The van der Waals surface area contributed by atoms with Gasteiger partial charge in [-0.2, -0.15) is 18.3 Å². The van der Waals surface area contributed by atoms with Crippen molar-refractivity contribution in [3.8, 4) is 11.5 Å². The maximum absolute atomic E-state index is 13.3. The van der Waals surface area contributed by atoms with Gasteiger partial charge < -0.3 is 10.1 Å². The molecule has 36 heavy (non-hydrogen) atoms. The zero-order valence-electron chi connectivity index (χ0n) is 19.6. The highest BCUT2D eigenvalue weighted by atomic mass is 79.9. The van der Waals surface area contributed by atoms with Crippen molar-refractivity contribution in [1.29, 1.82) is 0 Å². The van der Waals surface area contributed by atoms with E-state index in [9.17, 15) is 28.1 Å². The van der Waals surface area contributed by atoms with E-state index < -0.39 is 29.2 Å². The molecule has 1 aliphatic rings. The number of anilines is 1. The minimum atomic E-state index is -4.68. The summed E-state index contributed by atoms with van der Waals surface area (Å²) in [4.78, 5) is 23.6. The van der Waals surface area contributed by atoms with Crippen molar-refractivity contribution in [2.45, 2.75) is 52.3 Å². The predicted octanol–water partition coefficient (Wildman–Crippen LogP) is 6.81. The van der Waals surface area contributed by atoms with Gasteiger partial charge in [-0.15, -0.1) is 0 Å². The van der Waals surface area contributed by atoms with Crippen LogP contribution in [0.2, 0.25) is 0 Å². The maximum Gasteiger partial charge on any atom is 0.436 e. The third-order valence-corrected chi connectivity index (χ3v) is 6.62. The molecule has 8 nitrogen and oxygen atoms in total. The molecule has 190 valence electrons. The molecular formula is C24H22BrF3N4O4. The highest BCUT2D eigenvalue weighted by molar-refractivity contribution is 9.10. The molecule has 1 saturated carbocycles. The first-order valence-corrected chi connectivity index (χ1v) is 11.8. The lowest BCUT2D eigenvalue weighted by molar-refractivity contribution is -0.384. The molecule has 12 heteroatoms. The quantitative estimate of drug-likeness (QED) is 0.250. The number of nitrogens with one attached hydrogen (secondary N) is 1. The summed E-state index contributed by atoms with van der Waals surface area (Å²) < 4.78 is 46.8. The number of hydrogen-bond donors (Lipinski definition) is 1. The van der Waals surface area contributed by atoms with Crippen molar-refractivity contribution in [3.05, 3.63) is 73.0 Å². The van der Waals surface area contributed by atoms with Gasteiger partial charge in [0.25, 0.3) is 5.69 Å². The zero-order valence-corrected chi connectivity index (χ0v) is 21.2. The van der Waals surface area contributed by atoms with Crippen LogP contribution in [0.1, 0.15) is 46.8 Å². The molecule has 1 heterocycles. The lowest BCUT2D eigenvalue weighted by Crippen LogP contribution is -2.21. The Morgan fingerprint density at radius 1 is 1.22 bits per heavy atom. The van der Waals surface area contributed by atoms with Crippen LogP contribution < -0.4 is 10.1 Å². The molecule has 0 saturated heterocycles. The van der Waals surface area contributed by atoms with Gasteiger partial charge in [0.1, 0.15) is 18.0 Å². The maximum atomic E-state index is 13.3. The van der Waals surface area contributed by atoms with Crippen molar-refractivity contribution in [1.82, 2.24) is 9.78 Å². The van der Waals surface area contributed by atoms with E-state index in [1.807, 2.05) is 26.8 Å². The number of benzene rings is 2. The summed E-state index contributed by atoms with van der Waals surface area (Å²) in [6.07, 6.45) is -3.28. The van der Waals surface area contributed by atoms with Crippen LogP contribution in [0.25, 0.3) is 0 Å². The second-order valence-corrected chi connectivity index (χ2v) is 9.60. The Labute approximate surface area is 212 Å². The molecule has 1 aromatic heterocycles. The Morgan fingerprint density at radius 3 is 2.53 bits per heavy atom. The summed E-state index contributed by atoms with van der Waals surface area (Å²) >= 11 is 2.99. The van der Waals surface area contributed by atoms with Crippen LogP contribution in [0.15, 0.2) is 34.8 Å². The van der Waals surface area contributed by atoms with Crippen molar-refractivity contribution in [2.75, 3.05) is 5.32 Å². The average molecular weight is 567 g/mol. The van der Waals surface area contributed by atoms with Crippen molar-refractivity contribution >= 4 is 33.2 Å². The van der Waals surface area contributed by atoms with E-state index in [0.29, 0.717) is 24.3 Å². The van der Waals surface area contributed by atoms with Gasteiger partial charge >= 0.3 is 6.18 Å². The van der Waals surface area contributed by atoms with Gasteiger partial charge in [0.05, 0.1) is 26.8 Å². The second-order valence-electron chi connectivity index (χ2n) is 8.81. The van der Waals surface area contributed by atoms with Crippen LogP contribution in [-0.4, -0.2) is 20.6 Å². The number of carbonyl (C=O) groups excluding carboxylic acids is 1. The van der Waals surface area contributed by atoms with E-state index in [1.54, 1.807) is 6.07 Å². The molecule has 3 aromatic rings. The number of ether oxygens (including phenoxy) is 1. The molecule has 0 atom stereocenters. The molecule has 1 amide bonds. The lowest BCUT2D eigenvalue weighted by atomic mass is 10.1. The number of amides is 1. The number of aryl methyl sites for hydroxylation is 2. The van der Waals surface area contributed by atoms with Crippen molar-refractivity contribution in [3.63, 3.8) is 0 Å². The van der Waals surface area contributed by atoms with E-state index in [0.717, 1.165) is 27.4 Å². The van der Waals surface area contributed by atoms with Crippen LogP contribution >= 0.6 is 15.9 Å². The van der Waals surface area contributed by atoms with Crippen LogP contribution in [0.5, 0.6) is 11.5 Å². The number of nitrogens with zero attached hydrogens (tertiary/aromatic N) is 3. The third-order valence-electron chi connectivity index (χ3n) is 5.84. The number of alkyl halides is 3. The summed E-state index contributed by atoms with van der Waals surface area (Å²) in [6, 6.07) is 7.59. The number of nitro groups is 1. The number of rotatable bonds is 7. The Bertz CT molecular complexity index is 1370. The smallest absolute Gasteiger partial charge is 0.436 e. The van der Waals surface area contributed by atoms with E-state index in [-0.39, 0.29) is 27.5 Å². The Kier molecular flexibility index (Phi) is 6.82. The molecule has 0 spiro atoms. The number of carbonyl (C=O) groups is 1. The summed E-state index contributed by atoms with van der Waals surface area (Å²) in [6.45, 7) is 5.18. The molecule has 2 aromatic carbocycles. The zero-order chi connectivity index (χ0) is 26.4. The van der Waals surface area contributed by atoms with Gasteiger partial charge in [-0.1, -0.05) is 6.07 Å². The fourth-order valence-electron chi connectivity index (χ4n) is 3.89. The SMILES string of the molecule is Cc1cc(C)c(C)c(Oc2cc(NC(=O)Cn3nc(C(F)(F)F)c(Br)c3C3CC3)cc([N+](=O)[O-])c2)c1. The highest BCUT2D eigenvalue weighted by Crippen LogP contribution is 2.47. The second kappa shape index (κ2) is 9.57. The molecule has 0 radical (unpaired) electrons. The standard InChI is InChI=1S/C24H22BrF3N4O4/c1-12-6-13(2)14(3)19(7-12)36-18-9-16(8-17(10-18)32(34)35)29-20(33)11-31-22(15-4-5-15)21(25)23(30-31)24(26,27)28/h6-10,15H,4-5,11H2,1-3H3,(H,29,33). The van der Waals surface area contributed by atoms with E-state index in [4.69, 9.17) is 4.74 Å². The number of nitro benzene ring substituents is 1. The molecule has 1 N–H and O–H groups in total. The first kappa shape index (κ1) is 25.7. The van der Waals surface area contributed by atoms with Gasteiger partial charge in [0.2, 0.25) is 5.91 Å². The number of aromatic nitrogens is 2. The van der Waals surface area contributed by atoms with Crippen molar-refractivity contribution in [2.24, 2.45) is 0 Å². The number of non-ortho nitro benzene ring substituents is 1. The third kappa shape index (κ3) is 5.53. The van der Waals surface area contributed by atoms with E-state index in [1.165, 1.54) is 12.1 Å². The largest absolute Gasteiger partial charge is 0.457 e. The Balaban J connectivity index is 1.60. The van der Waals surface area contributed by atoms with Crippen LogP contribution in [-0.2, 0) is 17.5 Å². The first-order valence-electron chi connectivity index (χ1n) is 11.0. The summed E-state index contributed by atoms with van der Waals surface area (Å²) in [5.41, 5.74) is 1.76. The topological polar surface area (TPSA) is 99.3 Å². The Morgan fingerprint density at radius 2 is 1.92 bits per heavy atom. The van der Waals surface area contributed by atoms with E-state index in [2.05, 4.69) is 26.3 Å². The minimum absolute atomic E-state index is 0.0708. The molecule has 0 bridgehead atoms. The van der Waals surface area contributed by atoms with Gasteiger partial charge in [-0.3, -0.25) is 19.6 Å². The van der Waals surface area contributed by atoms with Gasteiger partial charge in [-0.05, 0) is 72.3 Å². The molecule has 0 aliphatic heterocycles. The number of halogens is 4. The van der Waals surface area contributed by atoms with E-state index >= 15 is 0 Å². The fourth-order valence-corrected chi connectivity index (χ4v) is 4.72. The van der Waals surface area contributed by atoms with Gasteiger partial charge in [-0.25, -0.2) is 0 Å².